The van der Waals surface area contributed by atoms with Crippen LogP contribution in [0, 0.1) is 11.6 Å². The Balaban J connectivity index is 1.46. The number of benzene rings is 3. The summed E-state index contributed by atoms with van der Waals surface area (Å²) in [6.07, 6.45) is 0. The average molecular weight is 487 g/mol. The van der Waals surface area contributed by atoms with E-state index in [-0.39, 0.29) is 35.7 Å². The predicted molar refractivity (Wildman–Crippen MR) is 130 cm³/mol. The van der Waals surface area contributed by atoms with Gasteiger partial charge in [0.05, 0.1) is 35.4 Å². The van der Waals surface area contributed by atoms with Crippen LogP contribution >= 0.6 is 0 Å². The number of hydrogen-bond acceptors (Lipinski definition) is 5. The molecule has 0 amide bonds. The third-order valence-corrected chi connectivity index (χ3v) is 5.76. The maximum Gasteiger partial charge on any atom is 0.335 e. The van der Waals surface area contributed by atoms with Crippen LogP contribution < -0.4 is 11.3 Å². The summed E-state index contributed by atoms with van der Waals surface area (Å²) in [6.45, 7) is 0.357. The number of fused-ring (bicyclic) bond motifs is 1. The Kier molecular flexibility index (Phi) is 5.77. The van der Waals surface area contributed by atoms with E-state index < -0.39 is 17.6 Å². The molecule has 3 N–H and O–H groups in total. The Morgan fingerprint density at radius 3 is 2.42 bits per heavy atom. The van der Waals surface area contributed by atoms with Crippen LogP contribution in [0.1, 0.15) is 21.5 Å². The first-order valence-corrected chi connectivity index (χ1v) is 10.9. The van der Waals surface area contributed by atoms with Gasteiger partial charge >= 0.3 is 5.97 Å². The van der Waals surface area contributed by atoms with E-state index in [0.29, 0.717) is 16.8 Å². The standard InChI is InChI=1S/C26H19F2N5O3/c27-19-11-22-23(12-20(19)28)32(26(29)30-22)13-15-3-1-5-17(9-15)21-7-8-24(34)33(31-21)14-16-4-2-6-18(10-16)25(35)36/h1-12H,13-14H2,(H2,29,30)(H,35,36). The molecule has 0 aliphatic carbocycles. The second-order valence-corrected chi connectivity index (χ2v) is 8.23. The molecular weight excluding hydrogens is 468 g/mol. The van der Waals surface area contributed by atoms with Crippen LogP contribution in [-0.4, -0.2) is 30.4 Å². The smallest absolute Gasteiger partial charge is 0.335 e. The number of hydrogen-bond donors (Lipinski definition) is 2. The SMILES string of the molecule is Nc1nc2cc(F)c(F)cc2n1Cc1cccc(-c2ccc(=O)n(Cc3cccc(C(=O)O)c3)n2)c1. The van der Waals surface area contributed by atoms with Gasteiger partial charge in [0.2, 0.25) is 5.95 Å². The van der Waals surface area contributed by atoms with Gasteiger partial charge in [0.25, 0.3) is 5.56 Å². The summed E-state index contributed by atoms with van der Waals surface area (Å²) in [5, 5.41) is 13.7. The number of halogens is 2. The van der Waals surface area contributed by atoms with Gasteiger partial charge in [-0.2, -0.15) is 5.10 Å². The highest BCUT2D eigenvalue weighted by atomic mass is 19.2. The highest BCUT2D eigenvalue weighted by Gasteiger charge is 2.14. The van der Waals surface area contributed by atoms with Gasteiger partial charge < -0.3 is 15.4 Å². The molecule has 0 radical (unpaired) electrons. The molecule has 2 heterocycles. The van der Waals surface area contributed by atoms with Gasteiger partial charge in [-0.15, -0.1) is 0 Å². The van der Waals surface area contributed by atoms with Crippen molar-refractivity contribution < 1.29 is 18.7 Å². The minimum Gasteiger partial charge on any atom is -0.478 e. The van der Waals surface area contributed by atoms with E-state index in [1.165, 1.54) is 22.9 Å². The first-order chi connectivity index (χ1) is 17.3. The van der Waals surface area contributed by atoms with Crippen molar-refractivity contribution in [3.8, 4) is 11.3 Å². The summed E-state index contributed by atoms with van der Waals surface area (Å²) in [6, 6.07) is 18.7. The fourth-order valence-electron chi connectivity index (χ4n) is 4.01. The highest BCUT2D eigenvalue weighted by Crippen LogP contribution is 2.24. The molecule has 0 aliphatic rings. The lowest BCUT2D eigenvalue weighted by atomic mass is 10.1. The number of carboxylic acids is 1. The topological polar surface area (TPSA) is 116 Å². The van der Waals surface area contributed by atoms with Crippen LogP contribution in [0.25, 0.3) is 22.3 Å². The molecule has 5 rings (SSSR count). The fourth-order valence-corrected chi connectivity index (χ4v) is 4.01. The van der Waals surface area contributed by atoms with E-state index in [1.807, 2.05) is 24.3 Å². The summed E-state index contributed by atoms with van der Waals surface area (Å²) in [4.78, 5) is 27.8. The number of nitrogens with two attached hydrogens (primary N) is 1. The molecule has 0 unspecified atom stereocenters. The molecule has 0 atom stereocenters. The lowest BCUT2D eigenvalue weighted by Gasteiger charge is -2.10. The maximum atomic E-state index is 13.8. The average Bonchev–Trinajstić information content (AvgIpc) is 3.15. The number of imidazole rings is 1. The van der Waals surface area contributed by atoms with Crippen molar-refractivity contribution in [2.45, 2.75) is 13.1 Å². The Bertz CT molecular complexity index is 1690. The van der Waals surface area contributed by atoms with E-state index >= 15 is 0 Å². The van der Waals surface area contributed by atoms with Gasteiger partial charge in [-0.25, -0.2) is 23.2 Å². The molecule has 10 heteroatoms. The number of carboxylic acid groups (broad SMARTS) is 1. The Morgan fingerprint density at radius 1 is 0.917 bits per heavy atom. The zero-order chi connectivity index (χ0) is 25.4. The number of nitrogens with zero attached hydrogens (tertiary/aromatic N) is 4. The molecule has 0 fully saturated rings. The Morgan fingerprint density at radius 2 is 1.64 bits per heavy atom. The summed E-state index contributed by atoms with van der Waals surface area (Å²) >= 11 is 0. The Labute approximate surface area is 202 Å². The molecule has 3 aromatic carbocycles. The van der Waals surface area contributed by atoms with Crippen molar-refractivity contribution in [1.82, 2.24) is 19.3 Å². The van der Waals surface area contributed by atoms with Gasteiger partial charge in [0.15, 0.2) is 11.6 Å². The highest BCUT2D eigenvalue weighted by molar-refractivity contribution is 5.87. The Hall–Kier alpha value is -4.86. The van der Waals surface area contributed by atoms with E-state index in [4.69, 9.17) is 5.73 Å². The molecule has 36 heavy (non-hydrogen) atoms. The van der Waals surface area contributed by atoms with E-state index in [1.54, 1.807) is 22.8 Å². The van der Waals surface area contributed by atoms with E-state index in [2.05, 4.69) is 10.1 Å². The normalized spacial score (nSPS) is 11.2. The molecule has 0 saturated heterocycles. The van der Waals surface area contributed by atoms with Gasteiger partial charge in [0, 0.05) is 23.8 Å². The van der Waals surface area contributed by atoms with Crippen molar-refractivity contribution in [1.29, 1.82) is 0 Å². The number of aromatic carboxylic acids is 1. The van der Waals surface area contributed by atoms with Gasteiger partial charge in [-0.1, -0.05) is 30.3 Å². The second-order valence-electron chi connectivity index (χ2n) is 8.23. The van der Waals surface area contributed by atoms with Crippen LogP contribution in [0.2, 0.25) is 0 Å². The molecule has 2 aromatic heterocycles. The molecule has 8 nitrogen and oxygen atoms in total. The monoisotopic (exact) mass is 487 g/mol. The third-order valence-electron chi connectivity index (χ3n) is 5.76. The van der Waals surface area contributed by atoms with Crippen LogP contribution in [0.4, 0.5) is 14.7 Å². The third kappa shape index (κ3) is 4.43. The van der Waals surface area contributed by atoms with E-state index in [0.717, 1.165) is 23.3 Å². The van der Waals surface area contributed by atoms with Crippen molar-refractivity contribution in [2.75, 3.05) is 5.73 Å². The predicted octanol–water partition coefficient (Wildman–Crippen LogP) is 3.92. The molecule has 0 spiro atoms. The molecule has 0 saturated carbocycles. The van der Waals surface area contributed by atoms with E-state index in [9.17, 15) is 23.5 Å². The van der Waals surface area contributed by atoms with Crippen LogP contribution in [0.5, 0.6) is 0 Å². The number of nitrogen functional groups attached to an aromatic ring is 1. The molecule has 5 aromatic rings. The van der Waals surface area contributed by atoms with Crippen molar-refractivity contribution in [3.63, 3.8) is 0 Å². The molecule has 0 bridgehead atoms. The summed E-state index contributed by atoms with van der Waals surface area (Å²) < 4.78 is 30.3. The van der Waals surface area contributed by atoms with Crippen LogP contribution in [-0.2, 0) is 13.1 Å². The lowest BCUT2D eigenvalue weighted by molar-refractivity contribution is 0.0696. The quantitative estimate of drug-likeness (QED) is 0.375. The minimum atomic E-state index is -1.05. The number of anilines is 1. The largest absolute Gasteiger partial charge is 0.478 e. The summed E-state index contributed by atoms with van der Waals surface area (Å²) in [7, 11) is 0. The lowest BCUT2D eigenvalue weighted by Crippen LogP contribution is -2.23. The fraction of sp³-hybridized carbons (Fsp3) is 0.0769. The number of aromatic nitrogens is 4. The van der Waals surface area contributed by atoms with Crippen LogP contribution in [0.15, 0.2) is 77.6 Å². The summed E-state index contributed by atoms with van der Waals surface area (Å²) in [5.74, 6) is -2.92. The van der Waals surface area contributed by atoms with Gasteiger partial charge in [0.1, 0.15) is 0 Å². The van der Waals surface area contributed by atoms with Gasteiger partial charge in [-0.05, 0) is 35.4 Å². The van der Waals surface area contributed by atoms with Crippen molar-refractivity contribution >= 4 is 23.0 Å². The number of carbonyl (C=O) groups is 1. The van der Waals surface area contributed by atoms with Crippen molar-refractivity contribution in [3.05, 3.63) is 111 Å². The molecule has 0 aliphatic heterocycles. The van der Waals surface area contributed by atoms with Crippen molar-refractivity contribution in [2.24, 2.45) is 0 Å². The maximum absolute atomic E-state index is 13.8. The van der Waals surface area contributed by atoms with Gasteiger partial charge in [-0.3, -0.25) is 4.79 Å². The zero-order valence-corrected chi connectivity index (χ0v) is 18.7. The number of rotatable bonds is 6. The molecular formula is C26H19F2N5O3. The molecule has 180 valence electrons. The first kappa shape index (κ1) is 22.9. The second kappa shape index (κ2) is 9.06. The van der Waals surface area contributed by atoms with Crippen LogP contribution in [0.3, 0.4) is 0 Å². The zero-order valence-electron chi connectivity index (χ0n) is 18.7. The minimum absolute atomic E-state index is 0.104. The summed E-state index contributed by atoms with van der Waals surface area (Å²) in [5.41, 5.74) is 9.10. The first-order valence-electron chi connectivity index (χ1n) is 10.9.